The van der Waals surface area contributed by atoms with E-state index >= 15 is 0 Å². The lowest BCUT2D eigenvalue weighted by Crippen LogP contribution is -2.67. The van der Waals surface area contributed by atoms with E-state index in [0.29, 0.717) is 39.9 Å². The van der Waals surface area contributed by atoms with Crippen molar-refractivity contribution >= 4 is 16.6 Å². The van der Waals surface area contributed by atoms with E-state index in [0.717, 1.165) is 42.4 Å². The molecule has 0 saturated carbocycles. The number of nitrogens with zero attached hydrogens (tertiary/aromatic N) is 3. The van der Waals surface area contributed by atoms with Crippen LogP contribution in [0.1, 0.15) is 30.1 Å². The highest BCUT2D eigenvalue weighted by Gasteiger charge is 2.54. The van der Waals surface area contributed by atoms with E-state index in [9.17, 15) is 15.2 Å². The van der Waals surface area contributed by atoms with E-state index in [-0.39, 0.29) is 11.7 Å². The number of ether oxygens (including phenoxy) is 2. The zero-order chi connectivity index (χ0) is 25.4. The lowest BCUT2D eigenvalue weighted by Gasteiger charge is -2.58. The number of benzene rings is 2. The molecule has 6 rings (SSSR count). The van der Waals surface area contributed by atoms with Gasteiger partial charge in [0.15, 0.2) is 11.5 Å². The lowest BCUT2D eigenvalue weighted by molar-refractivity contribution is -0.984. The monoisotopic (exact) mass is 490 g/mol. The largest absolute Gasteiger partial charge is 0.493 e. The van der Waals surface area contributed by atoms with Crippen LogP contribution in [0.25, 0.3) is 10.9 Å². The number of fused-ring (bicyclic) bond motifs is 4. The third kappa shape index (κ3) is 4.00. The molecule has 3 aliphatic heterocycles. The number of aliphatic hydroxyl groups excluding tert-OH is 1. The summed E-state index contributed by atoms with van der Waals surface area (Å²) in [6.45, 7) is 6.26. The standard InChI is InChI=1S/C28H32N3O5/c1-4-18-16-31(17-20-13-21(30(33)34)15-26(35-2)28(20)36-3)12-10-19(18)14-25(31)27(32)23-9-11-29-24-8-6-5-7-22(23)24/h4-9,11,13,15,18-19,25,27,32H,1,10,12,14,16-17H2,2-3H3/q+1. The van der Waals surface area contributed by atoms with E-state index in [1.54, 1.807) is 19.4 Å². The van der Waals surface area contributed by atoms with Crippen LogP contribution in [0.15, 0.2) is 61.3 Å². The first kappa shape index (κ1) is 24.2. The Balaban J connectivity index is 1.61. The number of piperidine rings is 3. The molecule has 3 aliphatic rings. The van der Waals surface area contributed by atoms with Crippen LogP contribution < -0.4 is 9.47 Å². The van der Waals surface area contributed by atoms with Gasteiger partial charge < -0.3 is 19.1 Å². The molecule has 188 valence electrons. The molecular weight excluding hydrogens is 458 g/mol. The van der Waals surface area contributed by atoms with Gasteiger partial charge in [-0.25, -0.2) is 0 Å². The van der Waals surface area contributed by atoms with Crippen LogP contribution in [-0.4, -0.2) is 52.8 Å². The van der Waals surface area contributed by atoms with Gasteiger partial charge in [0, 0.05) is 36.4 Å². The first-order valence-electron chi connectivity index (χ1n) is 12.3. The second-order valence-electron chi connectivity index (χ2n) is 9.99. The third-order valence-electron chi connectivity index (χ3n) is 8.28. The third-order valence-corrected chi connectivity index (χ3v) is 8.28. The van der Waals surface area contributed by atoms with Crippen LogP contribution in [0.5, 0.6) is 11.5 Å². The fourth-order valence-corrected chi connectivity index (χ4v) is 6.55. The van der Waals surface area contributed by atoms with Crippen LogP contribution in [0.3, 0.4) is 0 Å². The maximum atomic E-state index is 11.9. The van der Waals surface area contributed by atoms with Gasteiger partial charge in [-0.2, -0.15) is 0 Å². The Kier molecular flexibility index (Phi) is 6.40. The maximum absolute atomic E-state index is 11.9. The molecule has 1 aromatic heterocycles. The molecule has 3 aromatic rings. The molecule has 0 aliphatic carbocycles. The topological polar surface area (TPSA) is 94.7 Å². The smallest absolute Gasteiger partial charge is 0.273 e. The number of aliphatic hydroxyl groups is 1. The van der Waals surface area contributed by atoms with Gasteiger partial charge in [0.25, 0.3) is 5.69 Å². The number of aromatic nitrogens is 1. The van der Waals surface area contributed by atoms with Gasteiger partial charge >= 0.3 is 0 Å². The molecule has 3 fully saturated rings. The van der Waals surface area contributed by atoms with Crippen molar-refractivity contribution in [1.29, 1.82) is 0 Å². The predicted molar refractivity (Wildman–Crippen MR) is 137 cm³/mol. The minimum atomic E-state index is -0.710. The Morgan fingerprint density at radius 2 is 2.08 bits per heavy atom. The van der Waals surface area contributed by atoms with Crippen molar-refractivity contribution in [3.63, 3.8) is 0 Å². The minimum absolute atomic E-state index is 0.0368. The Bertz CT molecular complexity index is 1310. The molecule has 8 heteroatoms. The summed E-state index contributed by atoms with van der Waals surface area (Å²) in [4.78, 5) is 15.8. The van der Waals surface area contributed by atoms with Crippen molar-refractivity contribution in [2.24, 2.45) is 11.8 Å². The molecular formula is C28H32N3O5+. The van der Waals surface area contributed by atoms with Gasteiger partial charge in [-0.15, -0.1) is 6.58 Å². The number of quaternary nitrogens is 1. The molecule has 5 atom stereocenters. The second kappa shape index (κ2) is 9.52. The lowest BCUT2D eigenvalue weighted by atomic mass is 9.71. The van der Waals surface area contributed by atoms with Gasteiger partial charge in [-0.1, -0.05) is 24.3 Å². The zero-order valence-corrected chi connectivity index (χ0v) is 20.7. The van der Waals surface area contributed by atoms with Crippen molar-refractivity contribution in [1.82, 2.24) is 4.98 Å². The van der Waals surface area contributed by atoms with Gasteiger partial charge in [0.05, 0.1) is 49.4 Å². The molecule has 2 bridgehead atoms. The van der Waals surface area contributed by atoms with E-state index in [1.165, 1.54) is 13.2 Å². The number of hydrogen-bond acceptors (Lipinski definition) is 6. The number of hydrogen-bond donors (Lipinski definition) is 1. The highest BCUT2D eigenvalue weighted by Crippen LogP contribution is 2.49. The summed E-state index contributed by atoms with van der Waals surface area (Å²) in [6, 6.07) is 12.7. The molecule has 0 radical (unpaired) electrons. The number of non-ortho nitro benzene ring substituents is 1. The fraction of sp³-hybridized carbons (Fsp3) is 0.393. The minimum Gasteiger partial charge on any atom is -0.493 e. The second-order valence-corrected chi connectivity index (χ2v) is 9.99. The van der Waals surface area contributed by atoms with Gasteiger partial charge in [0.1, 0.15) is 18.7 Å². The van der Waals surface area contributed by atoms with Gasteiger partial charge in [-0.3, -0.25) is 15.1 Å². The Labute approximate surface area is 210 Å². The average molecular weight is 491 g/mol. The summed E-state index contributed by atoms with van der Waals surface area (Å²) in [5.41, 5.74) is 2.40. The van der Waals surface area contributed by atoms with Crippen LogP contribution in [0, 0.1) is 22.0 Å². The Hall–Kier alpha value is -3.49. The van der Waals surface area contributed by atoms with Gasteiger partial charge in [0.2, 0.25) is 0 Å². The van der Waals surface area contributed by atoms with Crippen LogP contribution in [-0.2, 0) is 6.54 Å². The highest BCUT2D eigenvalue weighted by atomic mass is 16.6. The summed E-state index contributed by atoms with van der Waals surface area (Å²) < 4.78 is 11.8. The quantitative estimate of drug-likeness (QED) is 0.211. The number of pyridine rings is 1. The molecule has 4 heterocycles. The number of methoxy groups -OCH3 is 2. The summed E-state index contributed by atoms with van der Waals surface area (Å²) in [5, 5.41) is 24.5. The molecule has 0 amide bonds. The van der Waals surface area contributed by atoms with Gasteiger partial charge in [-0.05, 0) is 23.6 Å². The number of rotatable bonds is 8. The van der Waals surface area contributed by atoms with E-state index < -0.39 is 11.0 Å². The molecule has 8 nitrogen and oxygen atoms in total. The van der Waals surface area contributed by atoms with E-state index in [1.807, 2.05) is 36.4 Å². The molecule has 5 unspecified atom stereocenters. The number of para-hydroxylation sites is 1. The molecule has 1 N–H and O–H groups in total. The average Bonchev–Trinajstić information content (AvgIpc) is 2.91. The van der Waals surface area contributed by atoms with Crippen molar-refractivity contribution in [3.05, 3.63) is 82.6 Å². The fourth-order valence-electron chi connectivity index (χ4n) is 6.55. The van der Waals surface area contributed by atoms with Crippen molar-refractivity contribution < 1.29 is 24.0 Å². The summed E-state index contributed by atoms with van der Waals surface area (Å²) in [6.07, 6.45) is 4.95. The first-order chi connectivity index (χ1) is 17.4. The van der Waals surface area contributed by atoms with Crippen molar-refractivity contribution in [2.75, 3.05) is 27.3 Å². The molecule has 36 heavy (non-hydrogen) atoms. The SMILES string of the molecule is C=CC1C[N+]2(Cc3cc([N+](=O)[O-])cc(OC)c3OC)CCC1CC2C(O)c1ccnc2ccccc12. The predicted octanol–water partition coefficient (Wildman–Crippen LogP) is 4.81. The van der Waals surface area contributed by atoms with Crippen LogP contribution in [0.2, 0.25) is 0 Å². The summed E-state index contributed by atoms with van der Waals surface area (Å²) in [5.74, 6) is 1.62. The molecule has 3 saturated heterocycles. The van der Waals surface area contributed by atoms with E-state index in [2.05, 4.69) is 11.6 Å². The Morgan fingerprint density at radius 3 is 2.81 bits per heavy atom. The summed E-state index contributed by atoms with van der Waals surface area (Å²) in [7, 11) is 3.04. The Morgan fingerprint density at radius 1 is 1.28 bits per heavy atom. The highest BCUT2D eigenvalue weighted by molar-refractivity contribution is 5.82. The number of nitro groups is 1. The maximum Gasteiger partial charge on any atom is 0.273 e. The zero-order valence-electron chi connectivity index (χ0n) is 20.7. The van der Waals surface area contributed by atoms with E-state index in [4.69, 9.17) is 9.47 Å². The number of nitro benzene ring substituents is 1. The summed E-state index contributed by atoms with van der Waals surface area (Å²) >= 11 is 0. The molecule has 2 aromatic carbocycles. The normalized spacial score (nSPS) is 25.9. The first-order valence-corrected chi connectivity index (χ1v) is 12.3. The van der Waals surface area contributed by atoms with Crippen LogP contribution in [0.4, 0.5) is 5.69 Å². The van der Waals surface area contributed by atoms with Crippen molar-refractivity contribution in [2.45, 2.75) is 31.5 Å². The molecule has 0 spiro atoms. The van der Waals surface area contributed by atoms with Crippen LogP contribution >= 0.6 is 0 Å². The van der Waals surface area contributed by atoms with Crippen molar-refractivity contribution in [3.8, 4) is 11.5 Å².